The quantitative estimate of drug-likeness (QED) is 0.908. The molecule has 1 aromatic carbocycles. The minimum Gasteiger partial charge on any atom is -0.444 e. The lowest BCUT2D eigenvalue weighted by Gasteiger charge is -2.32. The van der Waals surface area contributed by atoms with Crippen LogP contribution in [0.3, 0.4) is 0 Å². The van der Waals surface area contributed by atoms with Crippen molar-refractivity contribution in [2.45, 2.75) is 25.9 Å². The highest BCUT2D eigenvalue weighted by Gasteiger charge is 2.20. The Labute approximate surface area is 119 Å². The zero-order valence-electron chi connectivity index (χ0n) is 12.0. The van der Waals surface area contributed by atoms with E-state index < -0.39 is 0 Å². The zero-order valence-corrected chi connectivity index (χ0v) is 12.7. The van der Waals surface area contributed by atoms with Crippen molar-refractivity contribution in [2.24, 2.45) is 0 Å². The van der Waals surface area contributed by atoms with Crippen molar-refractivity contribution in [1.29, 1.82) is 0 Å². The van der Waals surface area contributed by atoms with Gasteiger partial charge in [-0.15, -0.1) is 0 Å². The van der Waals surface area contributed by atoms with E-state index in [9.17, 15) is 0 Å². The van der Waals surface area contributed by atoms with Crippen LogP contribution in [0.2, 0.25) is 5.22 Å². The van der Waals surface area contributed by atoms with Crippen molar-refractivity contribution in [1.82, 2.24) is 10.2 Å². The van der Waals surface area contributed by atoms with Crippen LogP contribution in [0.4, 0.5) is 0 Å². The van der Waals surface area contributed by atoms with E-state index in [1.54, 1.807) is 0 Å². The van der Waals surface area contributed by atoms with Gasteiger partial charge in [0.2, 0.25) is 0 Å². The highest BCUT2D eigenvalue weighted by atomic mass is 35.5. The number of nitrogens with zero attached hydrogens (tertiary/aromatic N) is 1. The van der Waals surface area contributed by atoms with Crippen LogP contribution in [0.1, 0.15) is 19.4 Å². The highest BCUT2D eigenvalue weighted by Crippen LogP contribution is 2.29. The van der Waals surface area contributed by atoms with E-state index in [0.717, 1.165) is 23.1 Å². The molecular weight excluding hydrogens is 260 g/mol. The number of para-hydroxylation sites is 1. The van der Waals surface area contributed by atoms with Crippen molar-refractivity contribution < 1.29 is 4.42 Å². The lowest BCUT2D eigenvalue weighted by atomic mass is 10.0. The molecule has 1 heterocycles. The number of halogens is 1. The van der Waals surface area contributed by atoms with Gasteiger partial charge < -0.3 is 14.6 Å². The molecule has 2 rings (SSSR count). The molecule has 0 unspecified atom stereocenters. The van der Waals surface area contributed by atoms with E-state index >= 15 is 0 Å². The minimum atomic E-state index is 0.103. The van der Waals surface area contributed by atoms with Crippen molar-refractivity contribution in [3.63, 3.8) is 0 Å². The van der Waals surface area contributed by atoms with Crippen LogP contribution in [-0.2, 0) is 6.54 Å². The molecule has 1 N–H and O–H groups in total. The summed E-state index contributed by atoms with van der Waals surface area (Å²) in [5.41, 5.74) is 1.98. The average molecular weight is 281 g/mol. The number of likely N-dealkylation sites (N-methyl/N-ethyl adjacent to an activating group) is 1. The Balaban J connectivity index is 2.08. The SMILES string of the molecule is CN(C)C(C)(C)CNCc1c(Cl)oc2ccccc12. The van der Waals surface area contributed by atoms with E-state index in [1.165, 1.54) is 0 Å². The van der Waals surface area contributed by atoms with Gasteiger partial charge in [-0.2, -0.15) is 0 Å². The normalized spacial score (nSPS) is 12.5. The molecule has 0 spiro atoms. The topological polar surface area (TPSA) is 28.4 Å². The van der Waals surface area contributed by atoms with E-state index in [2.05, 4.69) is 38.2 Å². The molecule has 0 bridgehead atoms. The summed E-state index contributed by atoms with van der Waals surface area (Å²) < 4.78 is 5.54. The van der Waals surface area contributed by atoms with Crippen molar-refractivity contribution >= 4 is 22.6 Å². The van der Waals surface area contributed by atoms with Crippen molar-refractivity contribution in [2.75, 3.05) is 20.6 Å². The Morgan fingerprint density at radius 1 is 1.26 bits per heavy atom. The number of benzene rings is 1. The minimum absolute atomic E-state index is 0.103. The number of fused-ring (bicyclic) bond motifs is 1. The third-order valence-electron chi connectivity index (χ3n) is 3.72. The van der Waals surface area contributed by atoms with Crippen LogP contribution in [0, 0.1) is 0 Å². The summed E-state index contributed by atoms with van der Waals surface area (Å²) in [6.45, 7) is 6.01. The Bertz CT molecular complexity index is 560. The third-order valence-corrected chi connectivity index (χ3v) is 4.02. The molecule has 0 aliphatic heterocycles. The first-order valence-electron chi connectivity index (χ1n) is 6.46. The van der Waals surface area contributed by atoms with Gasteiger partial charge in [-0.3, -0.25) is 0 Å². The van der Waals surface area contributed by atoms with E-state index in [-0.39, 0.29) is 5.54 Å². The first kappa shape index (κ1) is 14.4. The van der Waals surface area contributed by atoms with E-state index in [4.69, 9.17) is 16.0 Å². The Hall–Kier alpha value is -1.03. The van der Waals surface area contributed by atoms with Gasteiger partial charge in [0.25, 0.3) is 0 Å². The van der Waals surface area contributed by atoms with Gasteiger partial charge >= 0.3 is 0 Å². The van der Waals surface area contributed by atoms with Gasteiger partial charge in [0.1, 0.15) is 5.58 Å². The lowest BCUT2D eigenvalue weighted by molar-refractivity contribution is 0.190. The fraction of sp³-hybridized carbons (Fsp3) is 0.467. The predicted octanol–water partition coefficient (Wildman–Crippen LogP) is 3.52. The molecule has 3 nitrogen and oxygen atoms in total. The van der Waals surface area contributed by atoms with Crippen molar-refractivity contribution in [3.8, 4) is 0 Å². The first-order valence-corrected chi connectivity index (χ1v) is 6.83. The molecule has 1 aromatic heterocycles. The molecule has 2 aromatic rings. The fourth-order valence-corrected chi connectivity index (χ4v) is 2.14. The second-order valence-electron chi connectivity index (χ2n) is 5.66. The molecule has 0 aliphatic carbocycles. The average Bonchev–Trinajstić information content (AvgIpc) is 2.65. The molecule has 0 saturated heterocycles. The summed E-state index contributed by atoms with van der Waals surface area (Å²) in [6.07, 6.45) is 0. The molecule has 0 amide bonds. The Kier molecular flexibility index (Phi) is 4.19. The smallest absolute Gasteiger partial charge is 0.199 e. The van der Waals surface area contributed by atoms with Crippen LogP contribution >= 0.6 is 11.6 Å². The van der Waals surface area contributed by atoms with Crippen LogP contribution in [0.15, 0.2) is 28.7 Å². The molecule has 4 heteroatoms. The predicted molar refractivity (Wildman–Crippen MR) is 80.7 cm³/mol. The summed E-state index contributed by atoms with van der Waals surface area (Å²) in [4.78, 5) is 2.20. The first-order chi connectivity index (χ1) is 8.92. The molecular formula is C15H21ClN2O. The molecule has 0 fully saturated rings. The van der Waals surface area contributed by atoms with Crippen molar-refractivity contribution in [3.05, 3.63) is 35.0 Å². The van der Waals surface area contributed by atoms with Gasteiger partial charge in [0.05, 0.1) is 0 Å². The summed E-state index contributed by atoms with van der Waals surface area (Å²) in [7, 11) is 4.17. The number of hydrogen-bond acceptors (Lipinski definition) is 3. The third kappa shape index (κ3) is 3.11. The summed E-state index contributed by atoms with van der Waals surface area (Å²) in [6, 6.07) is 7.93. The molecule has 0 atom stereocenters. The summed E-state index contributed by atoms with van der Waals surface area (Å²) in [5.74, 6) is 0. The van der Waals surface area contributed by atoms with Gasteiger partial charge in [0, 0.05) is 29.6 Å². The van der Waals surface area contributed by atoms with Gasteiger partial charge in [-0.05, 0) is 45.6 Å². The number of hydrogen-bond donors (Lipinski definition) is 1. The number of rotatable bonds is 5. The second-order valence-corrected chi connectivity index (χ2v) is 6.00. The Morgan fingerprint density at radius 3 is 2.63 bits per heavy atom. The maximum absolute atomic E-state index is 6.16. The van der Waals surface area contributed by atoms with Gasteiger partial charge in [-0.25, -0.2) is 0 Å². The summed E-state index contributed by atoms with van der Waals surface area (Å²) >= 11 is 6.16. The summed E-state index contributed by atoms with van der Waals surface area (Å²) in [5, 5.41) is 5.02. The van der Waals surface area contributed by atoms with Crippen LogP contribution in [0.25, 0.3) is 11.0 Å². The second kappa shape index (κ2) is 5.53. The fourth-order valence-electron chi connectivity index (χ4n) is 1.89. The van der Waals surface area contributed by atoms with Gasteiger partial charge in [-0.1, -0.05) is 18.2 Å². The zero-order chi connectivity index (χ0) is 14.0. The molecule has 0 radical (unpaired) electrons. The molecule has 19 heavy (non-hydrogen) atoms. The van der Waals surface area contributed by atoms with E-state index in [1.807, 2.05) is 24.3 Å². The van der Waals surface area contributed by atoms with Crippen LogP contribution in [0.5, 0.6) is 0 Å². The monoisotopic (exact) mass is 280 g/mol. The molecule has 104 valence electrons. The molecule has 0 saturated carbocycles. The molecule has 0 aliphatic rings. The number of furan rings is 1. The number of nitrogens with one attached hydrogen (secondary N) is 1. The highest BCUT2D eigenvalue weighted by molar-refractivity contribution is 6.30. The lowest BCUT2D eigenvalue weighted by Crippen LogP contribution is -2.46. The van der Waals surface area contributed by atoms with Gasteiger partial charge in [0.15, 0.2) is 5.22 Å². The Morgan fingerprint density at radius 2 is 1.95 bits per heavy atom. The largest absolute Gasteiger partial charge is 0.444 e. The van der Waals surface area contributed by atoms with E-state index in [0.29, 0.717) is 11.8 Å². The van der Waals surface area contributed by atoms with Crippen LogP contribution < -0.4 is 5.32 Å². The maximum Gasteiger partial charge on any atom is 0.199 e. The standard InChI is InChI=1S/C15H21ClN2O/c1-15(2,18(3)4)10-17-9-12-11-7-5-6-8-13(11)19-14(12)16/h5-8,17H,9-10H2,1-4H3. The maximum atomic E-state index is 6.16. The van der Waals surface area contributed by atoms with Crippen LogP contribution in [-0.4, -0.2) is 31.1 Å².